The van der Waals surface area contributed by atoms with Crippen molar-refractivity contribution in [1.29, 1.82) is 0 Å². The van der Waals surface area contributed by atoms with Crippen LogP contribution in [0.4, 0.5) is 17.1 Å². The summed E-state index contributed by atoms with van der Waals surface area (Å²) in [6.07, 6.45) is 1.91. The van der Waals surface area contributed by atoms with Crippen molar-refractivity contribution in [3.63, 3.8) is 0 Å². The highest BCUT2D eigenvalue weighted by Crippen LogP contribution is 2.30. The van der Waals surface area contributed by atoms with Gasteiger partial charge in [-0.1, -0.05) is 6.07 Å². The summed E-state index contributed by atoms with van der Waals surface area (Å²) in [4.78, 5) is 26.7. The Morgan fingerprint density at radius 3 is 2.33 bits per heavy atom. The number of anilines is 3. The molecule has 0 saturated heterocycles. The number of hydrogen-bond donors (Lipinski definition) is 2. The minimum Gasteiger partial charge on any atom is -0.369 e. The van der Waals surface area contributed by atoms with Crippen LogP contribution in [0.25, 0.3) is 0 Å². The van der Waals surface area contributed by atoms with E-state index in [-0.39, 0.29) is 17.7 Å². The van der Waals surface area contributed by atoms with Gasteiger partial charge in [-0.3, -0.25) is 9.59 Å². The monoisotopic (exact) mass is 365 g/mol. The van der Waals surface area contributed by atoms with Crippen molar-refractivity contribution in [3.8, 4) is 0 Å². The topological polar surface area (TPSA) is 61.4 Å². The fraction of sp³-hybridized carbons (Fsp3) is 0.364. The van der Waals surface area contributed by atoms with E-state index in [1.165, 1.54) is 0 Å². The van der Waals surface area contributed by atoms with Crippen molar-refractivity contribution in [2.75, 3.05) is 22.1 Å². The summed E-state index contributed by atoms with van der Waals surface area (Å²) in [6, 6.07) is 15.3. The lowest BCUT2D eigenvalue weighted by Gasteiger charge is -2.27. The van der Waals surface area contributed by atoms with Crippen molar-refractivity contribution in [2.24, 2.45) is 5.92 Å². The highest BCUT2D eigenvalue weighted by Gasteiger charge is 2.29. The molecule has 0 atom stereocenters. The number of nitrogens with zero attached hydrogens (tertiary/aromatic N) is 1. The first-order valence-corrected chi connectivity index (χ1v) is 9.57. The van der Waals surface area contributed by atoms with Gasteiger partial charge < -0.3 is 15.5 Å². The van der Waals surface area contributed by atoms with E-state index in [0.29, 0.717) is 17.3 Å². The molecule has 1 aliphatic carbocycles. The second kappa shape index (κ2) is 8.25. The molecule has 5 heteroatoms. The standard InChI is InChI=1S/C22H27N3O2/c1-4-25(15(2)3)20-12-10-18(11-13-20)23-22(27)17-6-5-7-19(14-17)24-21(26)16-8-9-16/h5-7,10-16H,4,8-9H2,1-3H3,(H,23,27)(H,24,26). The maximum atomic E-state index is 12.5. The Hall–Kier alpha value is -2.82. The molecule has 0 unspecified atom stereocenters. The molecule has 0 aliphatic heterocycles. The molecule has 0 heterocycles. The van der Waals surface area contributed by atoms with Crippen molar-refractivity contribution in [2.45, 2.75) is 39.7 Å². The number of carbonyl (C=O) groups excluding carboxylic acids is 2. The molecule has 3 rings (SSSR count). The smallest absolute Gasteiger partial charge is 0.255 e. The highest BCUT2D eigenvalue weighted by atomic mass is 16.2. The van der Waals surface area contributed by atoms with Gasteiger partial charge in [-0.25, -0.2) is 0 Å². The molecular weight excluding hydrogens is 338 g/mol. The Morgan fingerprint density at radius 2 is 1.74 bits per heavy atom. The molecule has 1 aliphatic rings. The summed E-state index contributed by atoms with van der Waals surface area (Å²) in [5, 5.41) is 5.79. The number of carbonyl (C=O) groups is 2. The van der Waals surface area contributed by atoms with Crippen LogP contribution in [-0.2, 0) is 4.79 Å². The molecule has 0 spiro atoms. The average molecular weight is 365 g/mol. The van der Waals surface area contributed by atoms with Crippen LogP contribution >= 0.6 is 0 Å². The Kier molecular flexibility index (Phi) is 5.79. The second-order valence-electron chi connectivity index (χ2n) is 7.23. The van der Waals surface area contributed by atoms with E-state index >= 15 is 0 Å². The van der Waals surface area contributed by atoms with Gasteiger partial charge in [0.15, 0.2) is 0 Å². The molecule has 2 aromatic rings. The molecule has 5 nitrogen and oxygen atoms in total. The van der Waals surface area contributed by atoms with Gasteiger partial charge in [-0.05, 0) is 76.1 Å². The maximum absolute atomic E-state index is 12.5. The minimum absolute atomic E-state index is 0.0359. The predicted octanol–water partition coefficient (Wildman–Crippen LogP) is 4.52. The average Bonchev–Trinajstić information content (AvgIpc) is 3.49. The fourth-order valence-electron chi connectivity index (χ4n) is 3.11. The van der Waals surface area contributed by atoms with Crippen LogP contribution < -0.4 is 15.5 Å². The quantitative estimate of drug-likeness (QED) is 0.758. The van der Waals surface area contributed by atoms with Gasteiger partial charge in [-0.2, -0.15) is 0 Å². The molecule has 27 heavy (non-hydrogen) atoms. The van der Waals surface area contributed by atoms with Gasteiger partial charge in [0.25, 0.3) is 5.91 Å². The zero-order chi connectivity index (χ0) is 19.4. The number of amides is 2. The number of rotatable bonds is 7. The summed E-state index contributed by atoms with van der Waals surface area (Å²) in [7, 11) is 0. The van der Waals surface area contributed by atoms with E-state index in [9.17, 15) is 9.59 Å². The molecule has 0 bridgehead atoms. The lowest BCUT2D eigenvalue weighted by molar-refractivity contribution is -0.117. The normalized spacial score (nSPS) is 13.3. The Labute approximate surface area is 160 Å². The first-order chi connectivity index (χ1) is 13.0. The van der Waals surface area contributed by atoms with Gasteiger partial charge in [0.1, 0.15) is 0 Å². The second-order valence-corrected chi connectivity index (χ2v) is 7.23. The maximum Gasteiger partial charge on any atom is 0.255 e. The van der Waals surface area contributed by atoms with Crippen LogP contribution in [-0.4, -0.2) is 24.4 Å². The van der Waals surface area contributed by atoms with Crippen LogP contribution in [0.5, 0.6) is 0 Å². The summed E-state index contributed by atoms with van der Waals surface area (Å²) < 4.78 is 0. The fourth-order valence-corrected chi connectivity index (χ4v) is 3.11. The van der Waals surface area contributed by atoms with Gasteiger partial charge >= 0.3 is 0 Å². The number of hydrogen-bond acceptors (Lipinski definition) is 3. The summed E-state index contributed by atoms with van der Waals surface area (Å²) >= 11 is 0. The van der Waals surface area contributed by atoms with Gasteiger partial charge in [-0.15, -0.1) is 0 Å². The lowest BCUT2D eigenvalue weighted by atomic mass is 10.1. The van der Waals surface area contributed by atoms with E-state index in [1.54, 1.807) is 24.3 Å². The Morgan fingerprint density at radius 1 is 1.04 bits per heavy atom. The third kappa shape index (κ3) is 4.88. The van der Waals surface area contributed by atoms with E-state index < -0.39 is 0 Å². The first-order valence-electron chi connectivity index (χ1n) is 9.57. The van der Waals surface area contributed by atoms with Gasteiger partial charge in [0, 0.05) is 41.1 Å². The lowest BCUT2D eigenvalue weighted by Crippen LogP contribution is -2.30. The molecular formula is C22H27N3O2. The number of nitrogens with one attached hydrogen (secondary N) is 2. The van der Waals surface area contributed by atoms with Crippen molar-refractivity contribution >= 4 is 28.9 Å². The van der Waals surface area contributed by atoms with Crippen molar-refractivity contribution in [3.05, 3.63) is 54.1 Å². The molecule has 2 N–H and O–H groups in total. The molecule has 0 radical (unpaired) electrons. The van der Waals surface area contributed by atoms with Crippen LogP contribution in [0.15, 0.2) is 48.5 Å². The van der Waals surface area contributed by atoms with E-state index in [4.69, 9.17) is 0 Å². The zero-order valence-electron chi connectivity index (χ0n) is 16.2. The van der Waals surface area contributed by atoms with Gasteiger partial charge in [0.05, 0.1) is 0 Å². The Balaban J connectivity index is 1.65. The van der Waals surface area contributed by atoms with Crippen LogP contribution in [0.2, 0.25) is 0 Å². The summed E-state index contributed by atoms with van der Waals surface area (Å²) in [5.41, 5.74) is 3.06. The van der Waals surface area contributed by atoms with Crippen LogP contribution in [0.3, 0.4) is 0 Å². The Bertz CT molecular complexity index is 811. The number of benzene rings is 2. The zero-order valence-corrected chi connectivity index (χ0v) is 16.2. The van der Waals surface area contributed by atoms with Crippen LogP contribution in [0, 0.1) is 5.92 Å². The highest BCUT2D eigenvalue weighted by molar-refractivity contribution is 6.05. The van der Waals surface area contributed by atoms with Gasteiger partial charge in [0.2, 0.25) is 5.91 Å². The van der Waals surface area contributed by atoms with Crippen molar-refractivity contribution in [1.82, 2.24) is 0 Å². The van der Waals surface area contributed by atoms with E-state index in [1.807, 2.05) is 24.3 Å². The molecule has 142 valence electrons. The molecule has 1 saturated carbocycles. The molecule has 1 fully saturated rings. The molecule has 0 aromatic heterocycles. The van der Waals surface area contributed by atoms with Crippen molar-refractivity contribution < 1.29 is 9.59 Å². The minimum atomic E-state index is -0.193. The molecule has 2 amide bonds. The largest absolute Gasteiger partial charge is 0.369 e. The summed E-state index contributed by atoms with van der Waals surface area (Å²) in [6.45, 7) is 7.38. The van der Waals surface area contributed by atoms with Crippen LogP contribution in [0.1, 0.15) is 44.0 Å². The SMILES string of the molecule is CCN(c1ccc(NC(=O)c2cccc(NC(=O)C3CC3)c2)cc1)C(C)C. The third-order valence-electron chi connectivity index (χ3n) is 4.76. The summed E-state index contributed by atoms with van der Waals surface area (Å²) in [5.74, 6) is -0.0234. The predicted molar refractivity (Wildman–Crippen MR) is 110 cm³/mol. The van der Waals surface area contributed by atoms with E-state index in [2.05, 4.69) is 36.3 Å². The molecule has 2 aromatic carbocycles. The third-order valence-corrected chi connectivity index (χ3v) is 4.76. The van der Waals surface area contributed by atoms with E-state index in [0.717, 1.165) is 30.8 Å². The first kappa shape index (κ1) is 19.0.